The highest BCUT2D eigenvalue weighted by Crippen LogP contribution is 2.19. The molecule has 0 fully saturated rings. The highest BCUT2D eigenvalue weighted by Gasteiger charge is 2.09. The molecule has 0 aliphatic carbocycles. The van der Waals surface area contributed by atoms with E-state index in [0.29, 0.717) is 5.69 Å². The van der Waals surface area contributed by atoms with Crippen molar-refractivity contribution < 1.29 is 15.0 Å². The Morgan fingerprint density at radius 1 is 1.50 bits per heavy atom. The average molecular weight is 196 g/mol. The van der Waals surface area contributed by atoms with E-state index in [2.05, 4.69) is 5.32 Å². The van der Waals surface area contributed by atoms with E-state index in [9.17, 15) is 9.90 Å². The maximum atomic E-state index is 11.3. The van der Waals surface area contributed by atoms with Crippen molar-refractivity contribution in [2.45, 2.75) is 0 Å². The third-order valence-corrected chi connectivity index (χ3v) is 1.66. The number of carbonyl (C=O) groups is 1. The van der Waals surface area contributed by atoms with E-state index in [4.69, 9.17) is 10.8 Å². The van der Waals surface area contributed by atoms with E-state index in [-0.39, 0.29) is 24.5 Å². The van der Waals surface area contributed by atoms with Crippen molar-refractivity contribution >= 4 is 11.6 Å². The molecule has 1 amide bonds. The summed E-state index contributed by atoms with van der Waals surface area (Å²) < 4.78 is 0. The second-order valence-electron chi connectivity index (χ2n) is 2.76. The van der Waals surface area contributed by atoms with Gasteiger partial charge in [0.25, 0.3) is 5.91 Å². The molecule has 0 heterocycles. The van der Waals surface area contributed by atoms with Gasteiger partial charge in [0.15, 0.2) is 0 Å². The Bertz CT molecular complexity index is 339. The molecule has 5 heteroatoms. The molecule has 1 aromatic rings. The number of amides is 1. The zero-order valence-corrected chi connectivity index (χ0v) is 7.53. The van der Waals surface area contributed by atoms with Gasteiger partial charge in [0.1, 0.15) is 5.75 Å². The van der Waals surface area contributed by atoms with Crippen LogP contribution in [0.2, 0.25) is 0 Å². The molecule has 0 bridgehead atoms. The van der Waals surface area contributed by atoms with Crippen LogP contribution in [-0.2, 0) is 0 Å². The van der Waals surface area contributed by atoms with Crippen LogP contribution in [0.4, 0.5) is 5.69 Å². The normalized spacial score (nSPS) is 9.79. The van der Waals surface area contributed by atoms with E-state index < -0.39 is 5.91 Å². The van der Waals surface area contributed by atoms with Gasteiger partial charge in [-0.1, -0.05) is 0 Å². The van der Waals surface area contributed by atoms with Crippen LogP contribution in [0, 0.1) is 0 Å². The van der Waals surface area contributed by atoms with Crippen molar-refractivity contribution in [2.75, 3.05) is 18.9 Å². The largest absolute Gasteiger partial charge is 0.507 e. The number of nitrogens with two attached hydrogens (primary N) is 1. The molecular weight excluding hydrogens is 184 g/mol. The summed E-state index contributed by atoms with van der Waals surface area (Å²) in [6.45, 7) is 0.0180. The number of benzene rings is 1. The van der Waals surface area contributed by atoms with Gasteiger partial charge < -0.3 is 21.3 Å². The molecule has 0 aliphatic heterocycles. The van der Waals surface area contributed by atoms with Crippen molar-refractivity contribution in [1.29, 1.82) is 0 Å². The summed E-state index contributed by atoms with van der Waals surface area (Å²) in [5.74, 6) is -0.600. The molecule has 0 radical (unpaired) electrons. The lowest BCUT2D eigenvalue weighted by Gasteiger charge is -2.05. The number of phenolic OH excluding ortho intramolecular Hbond substituents is 1. The van der Waals surface area contributed by atoms with Gasteiger partial charge in [-0.05, 0) is 12.1 Å². The van der Waals surface area contributed by atoms with E-state index in [0.717, 1.165) is 0 Å². The zero-order chi connectivity index (χ0) is 10.6. The second kappa shape index (κ2) is 4.48. The first kappa shape index (κ1) is 10.3. The quantitative estimate of drug-likeness (QED) is 0.499. The van der Waals surface area contributed by atoms with Crippen LogP contribution in [0.25, 0.3) is 0 Å². The monoisotopic (exact) mass is 196 g/mol. The Hall–Kier alpha value is -1.75. The molecule has 5 N–H and O–H groups in total. The summed E-state index contributed by atoms with van der Waals surface area (Å²) in [7, 11) is 0. The van der Waals surface area contributed by atoms with Crippen molar-refractivity contribution in [1.82, 2.24) is 5.32 Å². The topological polar surface area (TPSA) is 95.6 Å². The lowest BCUT2D eigenvalue weighted by Crippen LogP contribution is -2.26. The van der Waals surface area contributed by atoms with Crippen LogP contribution < -0.4 is 11.1 Å². The molecule has 0 aromatic heterocycles. The van der Waals surface area contributed by atoms with Crippen LogP contribution >= 0.6 is 0 Å². The Morgan fingerprint density at radius 2 is 2.21 bits per heavy atom. The average Bonchev–Trinajstić information content (AvgIpc) is 2.14. The number of aliphatic hydroxyl groups excluding tert-OH is 1. The van der Waals surface area contributed by atoms with Gasteiger partial charge in [-0.25, -0.2) is 0 Å². The molecule has 14 heavy (non-hydrogen) atoms. The number of aromatic hydroxyl groups is 1. The maximum Gasteiger partial charge on any atom is 0.255 e. The molecule has 0 atom stereocenters. The predicted molar refractivity (Wildman–Crippen MR) is 51.9 cm³/mol. The van der Waals surface area contributed by atoms with E-state index >= 15 is 0 Å². The number of aliphatic hydroxyl groups is 1. The summed E-state index contributed by atoms with van der Waals surface area (Å²) in [5, 5.41) is 20.3. The number of hydrogen-bond acceptors (Lipinski definition) is 4. The van der Waals surface area contributed by atoms with Crippen molar-refractivity contribution in [3.63, 3.8) is 0 Å². The van der Waals surface area contributed by atoms with Crippen molar-refractivity contribution in [3.8, 4) is 5.75 Å². The third kappa shape index (κ3) is 2.37. The van der Waals surface area contributed by atoms with Gasteiger partial charge in [0.2, 0.25) is 0 Å². The number of hydrogen-bond donors (Lipinski definition) is 4. The number of rotatable bonds is 3. The minimum atomic E-state index is -0.434. The Labute approximate surface area is 81.2 Å². The van der Waals surface area contributed by atoms with Crippen molar-refractivity contribution in [3.05, 3.63) is 23.8 Å². The van der Waals surface area contributed by atoms with Crippen LogP contribution in [0.1, 0.15) is 10.4 Å². The van der Waals surface area contributed by atoms with Gasteiger partial charge in [-0.3, -0.25) is 4.79 Å². The summed E-state index contributed by atoms with van der Waals surface area (Å²) in [4.78, 5) is 11.3. The second-order valence-corrected chi connectivity index (χ2v) is 2.76. The number of carbonyl (C=O) groups excluding carboxylic acids is 1. The highest BCUT2D eigenvalue weighted by atomic mass is 16.3. The van der Waals surface area contributed by atoms with Crippen LogP contribution in [-0.4, -0.2) is 29.3 Å². The highest BCUT2D eigenvalue weighted by molar-refractivity contribution is 5.97. The summed E-state index contributed by atoms with van der Waals surface area (Å²) >= 11 is 0. The van der Waals surface area contributed by atoms with Crippen molar-refractivity contribution in [2.24, 2.45) is 0 Å². The zero-order valence-electron chi connectivity index (χ0n) is 7.53. The van der Waals surface area contributed by atoms with Crippen LogP contribution in [0.15, 0.2) is 18.2 Å². The molecule has 0 saturated heterocycles. The number of anilines is 1. The molecule has 1 aromatic carbocycles. The molecular formula is C9H12N2O3. The number of phenols is 1. The minimum absolute atomic E-state index is 0.137. The predicted octanol–water partition coefficient (Wildman–Crippen LogP) is -0.303. The Morgan fingerprint density at radius 3 is 2.79 bits per heavy atom. The first-order chi connectivity index (χ1) is 6.65. The Kier molecular flexibility index (Phi) is 3.30. The summed E-state index contributed by atoms with van der Waals surface area (Å²) in [5.41, 5.74) is 5.93. The maximum absolute atomic E-state index is 11.3. The van der Waals surface area contributed by atoms with Gasteiger partial charge in [-0.15, -0.1) is 0 Å². The molecule has 0 aliphatic rings. The van der Waals surface area contributed by atoms with Gasteiger partial charge in [0, 0.05) is 18.3 Å². The molecule has 1 rings (SSSR count). The molecule has 0 spiro atoms. The van der Waals surface area contributed by atoms with Gasteiger partial charge in [-0.2, -0.15) is 0 Å². The van der Waals surface area contributed by atoms with E-state index in [1.54, 1.807) is 0 Å². The van der Waals surface area contributed by atoms with Gasteiger partial charge >= 0.3 is 0 Å². The number of nitrogen functional groups attached to an aromatic ring is 1. The first-order valence-corrected chi connectivity index (χ1v) is 4.12. The van der Waals surface area contributed by atoms with E-state index in [1.165, 1.54) is 18.2 Å². The molecule has 5 nitrogen and oxygen atoms in total. The molecule has 0 saturated carbocycles. The molecule has 0 unspecified atom stereocenters. The lowest BCUT2D eigenvalue weighted by molar-refractivity contribution is 0.0942. The minimum Gasteiger partial charge on any atom is -0.507 e. The molecule has 76 valence electrons. The lowest BCUT2D eigenvalue weighted by atomic mass is 10.1. The SMILES string of the molecule is Nc1ccc(C(=O)NCCO)c(O)c1. The summed E-state index contributed by atoms with van der Waals surface area (Å²) in [6.07, 6.45) is 0. The standard InChI is InChI=1S/C9H12N2O3/c10-6-1-2-7(8(13)5-6)9(14)11-3-4-12/h1-2,5,12-13H,3-4,10H2,(H,11,14). The fourth-order valence-corrected chi connectivity index (χ4v) is 1.01. The van der Waals surface area contributed by atoms with E-state index in [1.807, 2.05) is 0 Å². The van der Waals surface area contributed by atoms with Crippen LogP contribution in [0.5, 0.6) is 5.75 Å². The third-order valence-electron chi connectivity index (χ3n) is 1.66. The van der Waals surface area contributed by atoms with Crippen LogP contribution in [0.3, 0.4) is 0 Å². The summed E-state index contributed by atoms with van der Waals surface area (Å²) in [6, 6.07) is 4.25. The number of nitrogens with one attached hydrogen (secondary N) is 1. The fraction of sp³-hybridized carbons (Fsp3) is 0.222. The van der Waals surface area contributed by atoms with Gasteiger partial charge in [0.05, 0.1) is 12.2 Å². The smallest absolute Gasteiger partial charge is 0.255 e. The first-order valence-electron chi connectivity index (χ1n) is 4.12. The Balaban J connectivity index is 2.80. The fourth-order valence-electron chi connectivity index (χ4n) is 1.01.